The van der Waals surface area contributed by atoms with E-state index in [0.717, 1.165) is 25.7 Å². The second-order valence-corrected chi connectivity index (χ2v) is 8.46. The van der Waals surface area contributed by atoms with Gasteiger partial charge in [-0.1, -0.05) is 57.7 Å². The monoisotopic (exact) mass is 429 g/mol. The molecule has 2 aromatic rings. The molecule has 0 radical (unpaired) electrons. The fourth-order valence-electron chi connectivity index (χ4n) is 3.97. The number of carbonyl (C=O) groups is 1. The molecular weight excluding hydrogens is 398 g/mol. The molecule has 1 aliphatic carbocycles. The number of nitrogens with one attached hydrogen (secondary N) is 3. The zero-order valence-corrected chi connectivity index (χ0v) is 18.6. The average Bonchev–Trinajstić information content (AvgIpc) is 2.75. The number of thiocarbonyl (C=S) groups is 1. The number of benzene rings is 1. The van der Waals surface area contributed by atoms with Crippen molar-refractivity contribution < 1.29 is 4.79 Å². The van der Waals surface area contributed by atoms with Crippen LogP contribution in [0.5, 0.6) is 0 Å². The maximum atomic E-state index is 12.9. The van der Waals surface area contributed by atoms with Crippen LogP contribution in [0.25, 0.3) is 10.8 Å². The molecule has 162 valence electrons. The van der Waals surface area contributed by atoms with Crippen LogP contribution in [0, 0.1) is 5.92 Å². The Bertz CT molecular complexity index is 958. The van der Waals surface area contributed by atoms with Gasteiger partial charge in [0, 0.05) is 18.0 Å². The van der Waals surface area contributed by atoms with Gasteiger partial charge in [-0.25, -0.2) is 4.68 Å². The fourth-order valence-corrected chi connectivity index (χ4v) is 4.18. The fraction of sp³-hybridized carbons (Fsp3) is 0.545. The number of unbranched alkanes of at least 4 members (excludes halogenated alkanes) is 2. The van der Waals surface area contributed by atoms with Crippen molar-refractivity contribution in [2.45, 2.75) is 71.4 Å². The average molecular weight is 430 g/mol. The van der Waals surface area contributed by atoms with E-state index in [4.69, 9.17) is 12.2 Å². The third kappa shape index (κ3) is 5.36. The molecule has 1 saturated carbocycles. The van der Waals surface area contributed by atoms with Gasteiger partial charge in [-0.15, -0.1) is 0 Å². The Morgan fingerprint density at radius 2 is 1.90 bits per heavy atom. The van der Waals surface area contributed by atoms with Crippen LogP contribution in [0.1, 0.15) is 69.3 Å². The minimum absolute atomic E-state index is 0.172. The molecule has 2 atom stereocenters. The quantitative estimate of drug-likeness (QED) is 0.371. The largest absolute Gasteiger partial charge is 0.358 e. The summed E-state index contributed by atoms with van der Waals surface area (Å²) in [5, 5.41) is 9.08. The zero-order chi connectivity index (χ0) is 21.5. The molecule has 1 aromatic carbocycles. The molecule has 30 heavy (non-hydrogen) atoms. The van der Waals surface area contributed by atoms with E-state index in [0.29, 0.717) is 34.4 Å². The number of hydrazine groups is 1. The zero-order valence-electron chi connectivity index (χ0n) is 17.7. The topological polar surface area (TPSA) is 88.1 Å². The Balaban J connectivity index is 1.72. The van der Waals surface area contributed by atoms with Crippen LogP contribution in [0.2, 0.25) is 0 Å². The Labute approximate surface area is 182 Å². The standard InChI is InChI=1S/C22H31N5O2S/c1-3-4-9-14-27-21(29)17-12-7-6-11-16(17)19(26-27)20(28)24-25-22(30)23-18-13-8-5-10-15(18)2/h6-7,11-12,15,18H,3-5,8-10,13-14H2,1-2H3,(H,24,28)(H2,23,25,30)/t15-,18-/m1/s1. The number of amides is 1. The third-order valence-corrected chi connectivity index (χ3v) is 5.99. The van der Waals surface area contributed by atoms with Crippen LogP contribution in [-0.4, -0.2) is 26.8 Å². The molecule has 1 amide bonds. The highest BCUT2D eigenvalue weighted by molar-refractivity contribution is 7.80. The Hall–Kier alpha value is -2.48. The molecule has 0 bridgehead atoms. The van der Waals surface area contributed by atoms with Crippen molar-refractivity contribution >= 4 is 34.0 Å². The summed E-state index contributed by atoms with van der Waals surface area (Å²) in [4.78, 5) is 25.6. The predicted octanol–water partition coefficient (Wildman–Crippen LogP) is 3.27. The van der Waals surface area contributed by atoms with Crippen LogP contribution < -0.4 is 21.7 Å². The molecule has 3 rings (SSSR count). The summed E-state index contributed by atoms with van der Waals surface area (Å²) in [6.45, 7) is 4.81. The molecule has 1 fully saturated rings. The summed E-state index contributed by atoms with van der Waals surface area (Å²) in [6, 6.07) is 7.39. The second-order valence-electron chi connectivity index (χ2n) is 8.05. The molecular formula is C22H31N5O2S. The van der Waals surface area contributed by atoms with Gasteiger partial charge in [0.1, 0.15) is 0 Å². The molecule has 0 spiro atoms. The first kappa shape index (κ1) is 22.2. The van der Waals surface area contributed by atoms with E-state index < -0.39 is 5.91 Å². The van der Waals surface area contributed by atoms with Crippen LogP contribution in [-0.2, 0) is 6.54 Å². The van der Waals surface area contributed by atoms with E-state index in [1.165, 1.54) is 23.9 Å². The van der Waals surface area contributed by atoms with Crippen molar-refractivity contribution in [1.82, 2.24) is 25.9 Å². The van der Waals surface area contributed by atoms with E-state index in [1.54, 1.807) is 24.3 Å². The lowest BCUT2D eigenvalue weighted by Gasteiger charge is -2.30. The summed E-state index contributed by atoms with van der Waals surface area (Å²) < 4.78 is 1.40. The molecule has 0 unspecified atom stereocenters. The Kier molecular flexibility index (Phi) is 7.79. The van der Waals surface area contributed by atoms with Gasteiger partial charge in [0.2, 0.25) is 0 Å². The van der Waals surface area contributed by atoms with Gasteiger partial charge in [-0.3, -0.25) is 20.4 Å². The summed E-state index contributed by atoms with van der Waals surface area (Å²) in [7, 11) is 0. The lowest BCUT2D eigenvalue weighted by Crippen LogP contribution is -2.51. The van der Waals surface area contributed by atoms with Gasteiger partial charge in [0.15, 0.2) is 10.8 Å². The highest BCUT2D eigenvalue weighted by Crippen LogP contribution is 2.23. The highest BCUT2D eigenvalue weighted by atomic mass is 32.1. The van der Waals surface area contributed by atoms with E-state index in [9.17, 15) is 9.59 Å². The number of nitrogens with zero attached hydrogens (tertiary/aromatic N) is 2. The summed E-state index contributed by atoms with van der Waals surface area (Å²) in [6.07, 6.45) is 7.59. The number of hydrogen-bond donors (Lipinski definition) is 3. The molecule has 0 aliphatic heterocycles. The maximum absolute atomic E-state index is 12.9. The number of carbonyl (C=O) groups excluding carboxylic acids is 1. The van der Waals surface area contributed by atoms with Crippen LogP contribution >= 0.6 is 12.2 Å². The summed E-state index contributed by atoms with van der Waals surface area (Å²) in [5.41, 5.74) is 5.47. The molecule has 1 aromatic heterocycles. The molecule has 1 aliphatic rings. The predicted molar refractivity (Wildman–Crippen MR) is 123 cm³/mol. The molecule has 0 saturated heterocycles. The van der Waals surface area contributed by atoms with Crippen LogP contribution in [0.3, 0.4) is 0 Å². The number of fused-ring (bicyclic) bond motifs is 1. The van der Waals surface area contributed by atoms with E-state index in [-0.39, 0.29) is 11.3 Å². The minimum Gasteiger partial charge on any atom is -0.358 e. The number of rotatable bonds is 6. The highest BCUT2D eigenvalue weighted by Gasteiger charge is 2.22. The SMILES string of the molecule is CCCCCn1nc(C(=O)NNC(=S)N[C@@H]2CCCC[C@H]2C)c2ccccc2c1=O. The molecule has 7 nitrogen and oxygen atoms in total. The lowest BCUT2D eigenvalue weighted by atomic mass is 9.86. The maximum Gasteiger partial charge on any atom is 0.290 e. The van der Waals surface area contributed by atoms with E-state index in [2.05, 4.69) is 35.1 Å². The molecule has 8 heteroatoms. The Morgan fingerprint density at radius 3 is 2.63 bits per heavy atom. The van der Waals surface area contributed by atoms with Crippen LogP contribution in [0.4, 0.5) is 0 Å². The summed E-state index contributed by atoms with van der Waals surface area (Å²) in [5.74, 6) is 0.128. The smallest absolute Gasteiger partial charge is 0.290 e. The van der Waals surface area contributed by atoms with Gasteiger partial charge in [-0.2, -0.15) is 5.10 Å². The summed E-state index contributed by atoms with van der Waals surface area (Å²) >= 11 is 5.36. The van der Waals surface area contributed by atoms with Gasteiger partial charge in [-0.05, 0) is 43.5 Å². The van der Waals surface area contributed by atoms with Crippen molar-refractivity contribution in [3.05, 3.63) is 40.3 Å². The number of aryl methyl sites for hydroxylation is 1. The first-order chi connectivity index (χ1) is 14.5. The number of hydrogen-bond acceptors (Lipinski definition) is 4. The molecule has 1 heterocycles. The van der Waals surface area contributed by atoms with E-state index >= 15 is 0 Å². The lowest BCUT2D eigenvalue weighted by molar-refractivity contribution is 0.0937. The van der Waals surface area contributed by atoms with Gasteiger partial charge in [0.05, 0.1) is 5.39 Å². The second kappa shape index (κ2) is 10.5. The molecule has 3 N–H and O–H groups in total. The minimum atomic E-state index is -0.420. The van der Waals surface area contributed by atoms with Gasteiger partial charge in [0.25, 0.3) is 11.5 Å². The number of aromatic nitrogens is 2. The normalized spacial score (nSPS) is 18.7. The van der Waals surface area contributed by atoms with Crippen molar-refractivity contribution in [2.24, 2.45) is 5.92 Å². The van der Waals surface area contributed by atoms with Crippen molar-refractivity contribution in [3.8, 4) is 0 Å². The third-order valence-electron chi connectivity index (χ3n) is 5.77. The van der Waals surface area contributed by atoms with Gasteiger partial charge < -0.3 is 5.32 Å². The van der Waals surface area contributed by atoms with Crippen molar-refractivity contribution in [3.63, 3.8) is 0 Å². The first-order valence-corrected chi connectivity index (χ1v) is 11.3. The van der Waals surface area contributed by atoms with Gasteiger partial charge >= 0.3 is 0 Å². The Morgan fingerprint density at radius 1 is 1.17 bits per heavy atom. The first-order valence-electron chi connectivity index (χ1n) is 10.9. The van der Waals surface area contributed by atoms with Crippen LogP contribution in [0.15, 0.2) is 29.1 Å². The van der Waals surface area contributed by atoms with E-state index in [1.807, 2.05) is 0 Å². The van der Waals surface area contributed by atoms with Crippen molar-refractivity contribution in [1.29, 1.82) is 0 Å². The van der Waals surface area contributed by atoms with Crippen molar-refractivity contribution in [2.75, 3.05) is 0 Å².